The van der Waals surface area contributed by atoms with Gasteiger partial charge in [0.15, 0.2) is 6.10 Å². The van der Waals surface area contributed by atoms with E-state index < -0.39 is 18.0 Å². The smallest absolute Gasteiger partial charge is 0.374 e. The zero-order valence-electron chi connectivity index (χ0n) is 15.6. The van der Waals surface area contributed by atoms with Crippen molar-refractivity contribution in [1.29, 1.82) is 0 Å². The molecule has 0 aliphatic heterocycles. The van der Waals surface area contributed by atoms with Crippen LogP contribution in [0.15, 0.2) is 71.3 Å². The standard InChI is InChI=1S/C22H18N2O4S/c1-14(28-22(26)18-6-4-12-27-18)21(25)23-16-10-8-15(9-11-16)13-20-24-17-5-2-3-7-19(17)29-20/h2-12,14H,13H2,1H3,(H,23,25)/t14-/m0/s1. The van der Waals surface area contributed by atoms with Crippen LogP contribution in [0.25, 0.3) is 10.2 Å². The molecule has 1 atom stereocenters. The van der Waals surface area contributed by atoms with Crippen molar-refractivity contribution < 1.29 is 18.7 Å². The maximum atomic E-state index is 12.3. The number of aromatic nitrogens is 1. The minimum Gasteiger partial charge on any atom is -0.457 e. The Morgan fingerprint density at radius 3 is 2.62 bits per heavy atom. The summed E-state index contributed by atoms with van der Waals surface area (Å²) in [6, 6.07) is 18.7. The molecule has 6 nitrogen and oxygen atoms in total. The molecule has 4 rings (SSSR count). The van der Waals surface area contributed by atoms with Gasteiger partial charge in [0, 0.05) is 12.1 Å². The van der Waals surface area contributed by atoms with E-state index in [0.717, 1.165) is 22.5 Å². The van der Waals surface area contributed by atoms with Crippen molar-refractivity contribution in [3.8, 4) is 0 Å². The summed E-state index contributed by atoms with van der Waals surface area (Å²) in [7, 11) is 0. The van der Waals surface area contributed by atoms with E-state index in [1.807, 2.05) is 42.5 Å². The van der Waals surface area contributed by atoms with Crippen LogP contribution in [-0.2, 0) is 16.0 Å². The van der Waals surface area contributed by atoms with Gasteiger partial charge in [-0.2, -0.15) is 0 Å². The molecule has 0 bridgehead atoms. The summed E-state index contributed by atoms with van der Waals surface area (Å²) >= 11 is 1.68. The predicted octanol–water partition coefficient (Wildman–Crippen LogP) is 4.66. The van der Waals surface area contributed by atoms with E-state index in [9.17, 15) is 9.59 Å². The number of anilines is 1. The minimum absolute atomic E-state index is 0.0591. The van der Waals surface area contributed by atoms with Gasteiger partial charge in [0.25, 0.3) is 5.91 Å². The Bertz CT molecular complexity index is 1100. The van der Waals surface area contributed by atoms with Gasteiger partial charge < -0.3 is 14.5 Å². The Morgan fingerprint density at radius 2 is 1.90 bits per heavy atom. The van der Waals surface area contributed by atoms with Crippen LogP contribution in [0.5, 0.6) is 0 Å². The number of nitrogens with one attached hydrogen (secondary N) is 1. The highest BCUT2D eigenvalue weighted by Gasteiger charge is 2.20. The second kappa shape index (κ2) is 8.28. The van der Waals surface area contributed by atoms with Gasteiger partial charge in [0.1, 0.15) is 0 Å². The third-order valence-corrected chi connectivity index (χ3v) is 5.33. The van der Waals surface area contributed by atoms with Crippen LogP contribution >= 0.6 is 11.3 Å². The third kappa shape index (κ3) is 4.52. The number of hydrogen-bond acceptors (Lipinski definition) is 6. The maximum absolute atomic E-state index is 12.3. The highest BCUT2D eigenvalue weighted by molar-refractivity contribution is 7.18. The number of fused-ring (bicyclic) bond motifs is 1. The van der Waals surface area contributed by atoms with Gasteiger partial charge in [-0.15, -0.1) is 11.3 Å². The molecule has 2 aromatic heterocycles. The molecule has 7 heteroatoms. The van der Waals surface area contributed by atoms with E-state index in [1.54, 1.807) is 17.4 Å². The van der Waals surface area contributed by atoms with Crippen LogP contribution in [0.1, 0.15) is 28.0 Å². The number of nitrogens with zero attached hydrogens (tertiary/aromatic N) is 1. The topological polar surface area (TPSA) is 81.4 Å². The van der Waals surface area contributed by atoms with Gasteiger partial charge in [-0.05, 0) is 48.9 Å². The summed E-state index contributed by atoms with van der Waals surface area (Å²) in [5.41, 5.74) is 2.73. The second-order valence-electron chi connectivity index (χ2n) is 6.46. The molecule has 0 aliphatic carbocycles. The average Bonchev–Trinajstić information content (AvgIpc) is 3.39. The van der Waals surface area contributed by atoms with E-state index in [2.05, 4.69) is 16.4 Å². The van der Waals surface area contributed by atoms with E-state index >= 15 is 0 Å². The Morgan fingerprint density at radius 1 is 1.10 bits per heavy atom. The summed E-state index contributed by atoms with van der Waals surface area (Å²) in [5.74, 6) is -1.03. The van der Waals surface area contributed by atoms with Crippen LogP contribution in [-0.4, -0.2) is 23.0 Å². The molecule has 0 saturated heterocycles. The zero-order valence-corrected chi connectivity index (χ0v) is 16.4. The van der Waals surface area contributed by atoms with Crippen LogP contribution in [0.3, 0.4) is 0 Å². The summed E-state index contributed by atoms with van der Waals surface area (Å²) in [5, 5.41) is 3.79. The van der Waals surface area contributed by atoms with E-state index in [4.69, 9.17) is 9.15 Å². The van der Waals surface area contributed by atoms with Crippen molar-refractivity contribution in [2.24, 2.45) is 0 Å². The molecule has 4 aromatic rings. The molecule has 2 aromatic carbocycles. The van der Waals surface area contributed by atoms with Gasteiger partial charge in [0.2, 0.25) is 5.76 Å². The minimum atomic E-state index is -0.949. The van der Waals surface area contributed by atoms with Crippen molar-refractivity contribution >= 4 is 39.1 Å². The molecule has 0 unspecified atom stereocenters. The second-order valence-corrected chi connectivity index (χ2v) is 7.58. The molecular weight excluding hydrogens is 388 g/mol. The van der Waals surface area contributed by atoms with E-state index in [1.165, 1.54) is 24.0 Å². The van der Waals surface area contributed by atoms with Crippen LogP contribution in [0.4, 0.5) is 5.69 Å². The molecule has 1 N–H and O–H groups in total. The molecule has 29 heavy (non-hydrogen) atoms. The largest absolute Gasteiger partial charge is 0.457 e. The number of ether oxygens (including phenoxy) is 1. The number of carbonyl (C=O) groups is 2. The number of hydrogen-bond donors (Lipinski definition) is 1. The van der Waals surface area contributed by atoms with Crippen LogP contribution < -0.4 is 5.32 Å². The molecule has 0 spiro atoms. The highest BCUT2D eigenvalue weighted by atomic mass is 32.1. The SMILES string of the molecule is C[C@H](OC(=O)c1ccco1)C(=O)Nc1ccc(Cc2nc3ccccc3s2)cc1. The first kappa shape index (κ1) is 18.9. The number of esters is 1. The number of carbonyl (C=O) groups excluding carboxylic acids is 2. The van der Waals surface area contributed by atoms with Gasteiger partial charge in [-0.25, -0.2) is 9.78 Å². The molecule has 0 radical (unpaired) electrons. The first-order chi connectivity index (χ1) is 14.1. The van der Waals surface area contributed by atoms with Crippen LogP contribution in [0, 0.1) is 0 Å². The number of rotatable bonds is 6. The Labute approximate surface area is 171 Å². The van der Waals surface area contributed by atoms with Crippen molar-refractivity contribution in [2.75, 3.05) is 5.32 Å². The van der Waals surface area contributed by atoms with Gasteiger partial charge in [-0.3, -0.25) is 4.79 Å². The average molecular weight is 406 g/mol. The molecule has 0 saturated carbocycles. The fraction of sp³-hybridized carbons (Fsp3) is 0.136. The Kier molecular flexibility index (Phi) is 5.39. The molecule has 0 aliphatic rings. The molecular formula is C22H18N2O4S. The monoisotopic (exact) mass is 406 g/mol. The predicted molar refractivity (Wildman–Crippen MR) is 111 cm³/mol. The molecule has 1 amide bonds. The first-order valence-electron chi connectivity index (χ1n) is 9.07. The lowest BCUT2D eigenvalue weighted by Crippen LogP contribution is -2.29. The Hall–Kier alpha value is -3.45. The van der Waals surface area contributed by atoms with Crippen molar-refractivity contribution in [2.45, 2.75) is 19.4 Å². The van der Waals surface area contributed by atoms with E-state index in [0.29, 0.717) is 5.69 Å². The van der Waals surface area contributed by atoms with E-state index in [-0.39, 0.29) is 5.76 Å². The first-order valence-corrected chi connectivity index (χ1v) is 9.89. The summed E-state index contributed by atoms with van der Waals surface area (Å²) in [6.45, 7) is 1.51. The summed E-state index contributed by atoms with van der Waals surface area (Å²) < 4.78 is 11.2. The number of amides is 1. The maximum Gasteiger partial charge on any atom is 0.374 e. The fourth-order valence-corrected chi connectivity index (χ4v) is 3.79. The summed E-state index contributed by atoms with van der Waals surface area (Å²) in [6.07, 6.45) is 1.15. The van der Waals surface area contributed by atoms with Crippen molar-refractivity contribution in [3.63, 3.8) is 0 Å². The lowest BCUT2D eigenvalue weighted by Gasteiger charge is -2.13. The van der Waals surface area contributed by atoms with Crippen LogP contribution in [0.2, 0.25) is 0 Å². The lowest BCUT2D eigenvalue weighted by molar-refractivity contribution is -0.123. The fourth-order valence-electron chi connectivity index (χ4n) is 2.79. The lowest BCUT2D eigenvalue weighted by atomic mass is 10.1. The quantitative estimate of drug-likeness (QED) is 0.471. The normalized spacial score (nSPS) is 11.9. The molecule has 146 valence electrons. The van der Waals surface area contributed by atoms with Gasteiger partial charge in [-0.1, -0.05) is 24.3 Å². The number of para-hydroxylation sites is 1. The summed E-state index contributed by atoms with van der Waals surface area (Å²) in [4.78, 5) is 28.8. The molecule has 2 heterocycles. The van der Waals surface area contributed by atoms with Crippen molar-refractivity contribution in [1.82, 2.24) is 4.98 Å². The van der Waals surface area contributed by atoms with Gasteiger partial charge >= 0.3 is 5.97 Å². The number of thiazole rings is 1. The Balaban J connectivity index is 1.34. The van der Waals surface area contributed by atoms with Gasteiger partial charge in [0.05, 0.1) is 21.5 Å². The van der Waals surface area contributed by atoms with Crippen molar-refractivity contribution in [3.05, 3.63) is 83.3 Å². The third-order valence-electron chi connectivity index (χ3n) is 4.29. The number of furan rings is 1. The zero-order chi connectivity index (χ0) is 20.2. The molecule has 0 fully saturated rings. The highest BCUT2D eigenvalue weighted by Crippen LogP contribution is 2.24. The number of benzene rings is 2.